The molecule has 0 aromatic heterocycles. The molecule has 6 nitrogen and oxygen atoms in total. The van der Waals surface area contributed by atoms with Gasteiger partial charge in [0.2, 0.25) is 11.8 Å². The van der Waals surface area contributed by atoms with Crippen LogP contribution in [0.2, 0.25) is 5.02 Å². The fraction of sp³-hybridized carbons (Fsp3) is 0.391. The minimum Gasteiger partial charge on any atom is -0.486 e. The van der Waals surface area contributed by atoms with Crippen LogP contribution in [-0.2, 0) is 9.59 Å². The van der Waals surface area contributed by atoms with Gasteiger partial charge in [-0.2, -0.15) is 0 Å². The highest BCUT2D eigenvalue weighted by Crippen LogP contribution is 2.42. The number of benzene rings is 2. The number of fused-ring (bicyclic) bond motifs is 1. The van der Waals surface area contributed by atoms with Crippen LogP contribution in [0.5, 0.6) is 11.5 Å². The molecule has 1 N–H and O–H groups in total. The van der Waals surface area contributed by atoms with E-state index in [1.54, 1.807) is 4.90 Å². The van der Waals surface area contributed by atoms with Gasteiger partial charge in [0.15, 0.2) is 11.5 Å². The van der Waals surface area contributed by atoms with Crippen molar-refractivity contribution in [2.24, 2.45) is 11.8 Å². The SMILES string of the molecule is O=C(NC(c1ccc(Cl)cc1)C1CC1)C1CC(=O)N(c2ccc3c(c2)OCCO3)C1. The van der Waals surface area contributed by atoms with Gasteiger partial charge in [-0.05, 0) is 48.6 Å². The average molecular weight is 427 g/mol. The van der Waals surface area contributed by atoms with Crippen LogP contribution in [0.15, 0.2) is 42.5 Å². The first-order chi connectivity index (χ1) is 14.6. The van der Waals surface area contributed by atoms with Crippen molar-refractivity contribution in [3.8, 4) is 11.5 Å². The molecule has 2 fully saturated rings. The van der Waals surface area contributed by atoms with Gasteiger partial charge in [0.25, 0.3) is 0 Å². The van der Waals surface area contributed by atoms with Crippen molar-refractivity contribution in [1.29, 1.82) is 0 Å². The number of anilines is 1. The summed E-state index contributed by atoms with van der Waals surface area (Å²) >= 11 is 6.01. The van der Waals surface area contributed by atoms with Crippen molar-refractivity contribution in [2.75, 3.05) is 24.7 Å². The molecule has 2 aliphatic heterocycles. The first kappa shape index (κ1) is 19.2. The molecule has 0 spiro atoms. The molecule has 2 aromatic rings. The molecule has 1 aliphatic carbocycles. The summed E-state index contributed by atoms with van der Waals surface area (Å²) < 4.78 is 11.2. The number of amides is 2. The predicted molar refractivity (Wildman–Crippen MR) is 113 cm³/mol. The molecule has 0 radical (unpaired) electrons. The highest BCUT2D eigenvalue weighted by molar-refractivity contribution is 6.30. The molecule has 3 aliphatic rings. The molecule has 2 heterocycles. The number of hydrogen-bond acceptors (Lipinski definition) is 4. The van der Waals surface area contributed by atoms with Gasteiger partial charge in [-0.3, -0.25) is 9.59 Å². The van der Waals surface area contributed by atoms with Crippen molar-refractivity contribution in [1.82, 2.24) is 5.32 Å². The van der Waals surface area contributed by atoms with Crippen LogP contribution >= 0.6 is 11.6 Å². The standard InChI is InChI=1S/C23H23ClN2O4/c24-17-5-3-15(4-6-17)22(14-1-2-14)25-23(28)16-11-21(27)26(13-16)18-7-8-19-20(12-18)30-10-9-29-19/h3-8,12,14,16,22H,1-2,9-11,13H2,(H,25,28). The fourth-order valence-electron chi connectivity index (χ4n) is 4.18. The van der Waals surface area contributed by atoms with E-state index < -0.39 is 0 Å². The lowest BCUT2D eigenvalue weighted by atomic mass is 10.0. The van der Waals surface area contributed by atoms with Gasteiger partial charge in [0, 0.05) is 29.7 Å². The van der Waals surface area contributed by atoms with Crippen molar-refractivity contribution in [3.63, 3.8) is 0 Å². The molecule has 1 saturated heterocycles. The molecule has 1 saturated carbocycles. The lowest BCUT2D eigenvalue weighted by Gasteiger charge is -2.23. The van der Waals surface area contributed by atoms with E-state index in [0.717, 1.165) is 24.1 Å². The second-order valence-electron chi connectivity index (χ2n) is 8.11. The van der Waals surface area contributed by atoms with Crippen LogP contribution < -0.4 is 19.7 Å². The predicted octanol–water partition coefficient (Wildman–Crippen LogP) is 3.73. The van der Waals surface area contributed by atoms with Crippen LogP contribution in [0.3, 0.4) is 0 Å². The van der Waals surface area contributed by atoms with E-state index in [9.17, 15) is 9.59 Å². The Morgan fingerprint density at radius 3 is 2.53 bits per heavy atom. The molecule has 7 heteroatoms. The maximum atomic E-state index is 13.0. The Bertz CT molecular complexity index is 974. The average Bonchev–Trinajstić information content (AvgIpc) is 3.53. The van der Waals surface area contributed by atoms with Crippen molar-refractivity contribution in [3.05, 3.63) is 53.1 Å². The summed E-state index contributed by atoms with van der Waals surface area (Å²) in [5.74, 6) is 1.26. The Hall–Kier alpha value is -2.73. The van der Waals surface area contributed by atoms with Crippen LogP contribution in [0.1, 0.15) is 30.9 Å². The largest absolute Gasteiger partial charge is 0.486 e. The third kappa shape index (κ3) is 3.84. The van der Waals surface area contributed by atoms with E-state index in [-0.39, 0.29) is 30.2 Å². The zero-order valence-corrected chi connectivity index (χ0v) is 17.2. The molecule has 0 bridgehead atoms. The van der Waals surface area contributed by atoms with E-state index >= 15 is 0 Å². The topological polar surface area (TPSA) is 67.9 Å². The zero-order valence-electron chi connectivity index (χ0n) is 16.5. The van der Waals surface area contributed by atoms with E-state index in [1.807, 2.05) is 42.5 Å². The number of halogens is 1. The minimum atomic E-state index is -0.376. The van der Waals surface area contributed by atoms with Crippen molar-refractivity contribution < 1.29 is 19.1 Å². The van der Waals surface area contributed by atoms with Gasteiger partial charge < -0.3 is 19.7 Å². The van der Waals surface area contributed by atoms with Gasteiger partial charge in [-0.25, -0.2) is 0 Å². The lowest BCUT2D eigenvalue weighted by Crippen LogP contribution is -2.36. The first-order valence-electron chi connectivity index (χ1n) is 10.3. The number of carbonyl (C=O) groups excluding carboxylic acids is 2. The van der Waals surface area contributed by atoms with Crippen LogP contribution in [-0.4, -0.2) is 31.6 Å². The lowest BCUT2D eigenvalue weighted by molar-refractivity contribution is -0.127. The maximum Gasteiger partial charge on any atom is 0.227 e. The molecule has 2 aromatic carbocycles. The van der Waals surface area contributed by atoms with Gasteiger partial charge in [-0.15, -0.1) is 0 Å². The summed E-state index contributed by atoms with van der Waals surface area (Å²) in [4.78, 5) is 27.3. The van der Waals surface area contributed by atoms with E-state index in [0.29, 0.717) is 42.2 Å². The molecular weight excluding hydrogens is 404 g/mol. The second-order valence-corrected chi connectivity index (χ2v) is 8.55. The zero-order chi connectivity index (χ0) is 20.7. The summed E-state index contributed by atoms with van der Waals surface area (Å²) in [6, 6.07) is 13.1. The Labute approximate surface area is 180 Å². The molecule has 30 heavy (non-hydrogen) atoms. The second kappa shape index (κ2) is 7.84. The molecule has 156 valence electrons. The molecule has 2 unspecified atom stereocenters. The number of nitrogens with one attached hydrogen (secondary N) is 1. The number of ether oxygens (including phenoxy) is 2. The number of nitrogens with zero attached hydrogens (tertiary/aromatic N) is 1. The highest BCUT2D eigenvalue weighted by Gasteiger charge is 2.39. The van der Waals surface area contributed by atoms with Gasteiger partial charge in [0.05, 0.1) is 12.0 Å². The van der Waals surface area contributed by atoms with E-state index in [2.05, 4.69) is 5.32 Å². The Balaban J connectivity index is 1.29. The number of carbonyl (C=O) groups is 2. The number of hydrogen-bond donors (Lipinski definition) is 1. The highest BCUT2D eigenvalue weighted by atomic mass is 35.5. The van der Waals surface area contributed by atoms with Crippen LogP contribution in [0.4, 0.5) is 5.69 Å². The van der Waals surface area contributed by atoms with Crippen molar-refractivity contribution in [2.45, 2.75) is 25.3 Å². The summed E-state index contributed by atoms with van der Waals surface area (Å²) in [5, 5.41) is 3.87. The maximum absolute atomic E-state index is 13.0. The third-order valence-electron chi connectivity index (χ3n) is 5.95. The van der Waals surface area contributed by atoms with Crippen LogP contribution in [0, 0.1) is 11.8 Å². The normalized spacial score (nSPS) is 21.4. The first-order valence-corrected chi connectivity index (χ1v) is 10.7. The van der Waals surface area contributed by atoms with Gasteiger partial charge in [-0.1, -0.05) is 23.7 Å². The minimum absolute atomic E-state index is 0.0341. The van der Waals surface area contributed by atoms with E-state index in [1.165, 1.54) is 0 Å². The summed E-state index contributed by atoms with van der Waals surface area (Å²) in [5.41, 5.74) is 1.79. The van der Waals surface area contributed by atoms with Crippen molar-refractivity contribution >= 4 is 29.1 Å². The third-order valence-corrected chi connectivity index (χ3v) is 6.21. The fourth-order valence-corrected chi connectivity index (χ4v) is 4.30. The van der Waals surface area contributed by atoms with E-state index in [4.69, 9.17) is 21.1 Å². The van der Waals surface area contributed by atoms with Gasteiger partial charge >= 0.3 is 0 Å². The molecule has 2 amide bonds. The van der Waals surface area contributed by atoms with Gasteiger partial charge in [0.1, 0.15) is 13.2 Å². The quantitative estimate of drug-likeness (QED) is 0.791. The summed E-state index contributed by atoms with van der Waals surface area (Å²) in [6.45, 7) is 1.37. The number of rotatable bonds is 5. The Morgan fingerprint density at radius 1 is 1.07 bits per heavy atom. The molecule has 2 atom stereocenters. The Morgan fingerprint density at radius 2 is 1.80 bits per heavy atom. The molecular formula is C23H23ClN2O4. The molecule has 5 rings (SSSR count). The summed E-state index contributed by atoms with van der Waals surface area (Å²) in [7, 11) is 0. The Kier molecular flexibility index (Phi) is 5.03. The van der Waals surface area contributed by atoms with Crippen LogP contribution in [0.25, 0.3) is 0 Å². The summed E-state index contributed by atoms with van der Waals surface area (Å²) in [6.07, 6.45) is 2.40. The smallest absolute Gasteiger partial charge is 0.227 e. The monoisotopic (exact) mass is 426 g/mol.